The van der Waals surface area contributed by atoms with Crippen LogP contribution >= 0.6 is 7.60 Å². The second-order valence-corrected chi connectivity index (χ2v) is 10.5. The first-order chi connectivity index (χ1) is 17.0. The third-order valence-corrected chi connectivity index (χ3v) is 6.66. The molecule has 2 aliphatic rings. The number of unbranched alkanes of at least 4 members (excludes halogenated alkanes) is 2. The van der Waals surface area contributed by atoms with Gasteiger partial charge in [-0.1, -0.05) is 6.42 Å². The molecule has 12 nitrogen and oxygen atoms in total. The second kappa shape index (κ2) is 12.6. The predicted octanol–water partition coefficient (Wildman–Crippen LogP) is 0.894. The number of imide groups is 1. The van der Waals surface area contributed by atoms with Crippen LogP contribution in [0.25, 0.3) is 0 Å². The van der Waals surface area contributed by atoms with Crippen molar-refractivity contribution in [2.75, 3.05) is 18.0 Å². The molecule has 0 bridgehead atoms. The molecule has 4 atom stereocenters. The summed E-state index contributed by atoms with van der Waals surface area (Å²) in [4.78, 5) is 54.4. The third kappa shape index (κ3) is 8.51. The predicted molar refractivity (Wildman–Crippen MR) is 127 cm³/mol. The van der Waals surface area contributed by atoms with Gasteiger partial charge in [0.1, 0.15) is 11.9 Å². The van der Waals surface area contributed by atoms with Crippen LogP contribution in [-0.2, 0) is 23.7 Å². The highest BCUT2D eigenvalue weighted by Gasteiger charge is 2.38. The molecule has 36 heavy (non-hydrogen) atoms. The van der Waals surface area contributed by atoms with E-state index in [1.807, 2.05) is 0 Å². The number of hydrogen-bond acceptors (Lipinski definition) is 8. The normalized spacial score (nSPS) is 24.3. The van der Waals surface area contributed by atoms with E-state index in [0.29, 0.717) is 37.2 Å². The molecule has 0 spiro atoms. The Morgan fingerprint density at radius 1 is 1.08 bits per heavy atom. The SMILES string of the molecule is O=C(CCCCCN1C(=O)C=CC1=O)Nc1ccc(O[C@H]2O[C@H](CCP(=O)(O)O)C[C@H](O)[C@@H]2O)cc1. The van der Waals surface area contributed by atoms with Crippen LogP contribution in [0.4, 0.5) is 5.69 Å². The van der Waals surface area contributed by atoms with E-state index in [1.54, 1.807) is 24.3 Å². The number of benzene rings is 1. The minimum Gasteiger partial charge on any atom is -0.462 e. The molecule has 3 amide bonds. The van der Waals surface area contributed by atoms with E-state index < -0.39 is 38.4 Å². The molecule has 0 unspecified atom stereocenters. The lowest BCUT2D eigenvalue weighted by Gasteiger charge is -2.37. The van der Waals surface area contributed by atoms with E-state index in [4.69, 9.17) is 19.3 Å². The second-order valence-electron chi connectivity index (χ2n) is 8.76. The van der Waals surface area contributed by atoms with Crippen molar-refractivity contribution in [2.45, 2.75) is 63.1 Å². The molecule has 1 fully saturated rings. The van der Waals surface area contributed by atoms with E-state index in [-0.39, 0.29) is 37.0 Å². The van der Waals surface area contributed by atoms with Crippen LogP contribution in [0.2, 0.25) is 0 Å². The zero-order chi connectivity index (χ0) is 26.3. The van der Waals surface area contributed by atoms with Gasteiger partial charge in [-0.15, -0.1) is 0 Å². The molecule has 198 valence electrons. The molecule has 1 aromatic carbocycles. The topological polar surface area (TPSA) is 183 Å². The molecule has 0 aromatic heterocycles. The molecule has 2 aliphatic heterocycles. The Balaban J connectivity index is 1.39. The van der Waals surface area contributed by atoms with Crippen LogP contribution < -0.4 is 10.1 Å². The number of aliphatic hydroxyl groups excluding tert-OH is 2. The highest BCUT2D eigenvalue weighted by molar-refractivity contribution is 7.51. The lowest BCUT2D eigenvalue weighted by Crippen LogP contribution is -2.51. The molecular formula is C23H31N2O10P. The standard InChI is InChI=1S/C23H31N2O10P/c26-18-14-17(11-13-36(31,32)33)35-23(22(18)30)34-16-7-5-15(6-8-16)24-19(27)4-2-1-3-12-25-20(28)9-10-21(25)29/h5-10,17-18,22-23,26,30H,1-4,11-14H2,(H,24,27)(H2,31,32,33)/t17-,18+,22+,23+/m1/s1. The van der Waals surface area contributed by atoms with Crippen LogP contribution in [0.3, 0.4) is 0 Å². The molecule has 5 N–H and O–H groups in total. The number of nitrogens with zero attached hydrogens (tertiary/aromatic N) is 1. The van der Waals surface area contributed by atoms with Crippen molar-refractivity contribution in [2.24, 2.45) is 0 Å². The van der Waals surface area contributed by atoms with Gasteiger partial charge >= 0.3 is 7.60 Å². The van der Waals surface area contributed by atoms with E-state index >= 15 is 0 Å². The summed E-state index contributed by atoms with van der Waals surface area (Å²) in [5.74, 6) is -0.516. The number of carbonyl (C=O) groups is 3. The number of carbonyl (C=O) groups excluding carboxylic acids is 3. The van der Waals surface area contributed by atoms with Gasteiger partial charge in [-0.2, -0.15) is 0 Å². The number of aliphatic hydroxyl groups is 2. The minimum absolute atomic E-state index is 0.00456. The molecular weight excluding hydrogens is 495 g/mol. The molecule has 1 saturated heterocycles. The van der Waals surface area contributed by atoms with E-state index in [9.17, 15) is 29.2 Å². The quantitative estimate of drug-likeness (QED) is 0.149. The smallest absolute Gasteiger partial charge is 0.325 e. The summed E-state index contributed by atoms with van der Waals surface area (Å²) >= 11 is 0. The number of rotatable bonds is 12. The monoisotopic (exact) mass is 526 g/mol. The lowest BCUT2D eigenvalue weighted by molar-refractivity contribution is -0.235. The maximum atomic E-state index is 12.2. The average molecular weight is 526 g/mol. The lowest BCUT2D eigenvalue weighted by atomic mass is 10.0. The minimum atomic E-state index is -4.22. The Kier molecular flexibility index (Phi) is 9.77. The molecule has 3 rings (SSSR count). The molecule has 0 aliphatic carbocycles. The van der Waals surface area contributed by atoms with E-state index in [1.165, 1.54) is 17.1 Å². The fourth-order valence-corrected chi connectivity index (χ4v) is 4.49. The van der Waals surface area contributed by atoms with Crippen LogP contribution in [0.1, 0.15) is 38.5 Å². The highest BCUT2D eigenvalue weighted by atomic mass is 31.2. The molecule has 0 saturated carbocycles. The van der Waals surface area contributed by atoms with Gasteiger partial charge in [0, 0.05) is 37.2 Å². The Morgan fingerprint density at radius 3 is 2.39 bits per heavy atom. The summed E-state index contributed by atoms with van der Waals surface area (Å²) in [7, 11) is -4.22. The number of amides is 3. The maximum Gasteiger partial charge on any atom is 0.325 e. The summed E-state index contributed by atoms with van der Waals surface area (Å²) in [6.45, 7) is 0.328. The van der Waals surface area contributed by atoms with Crippen molar-refractivity contribution < 1.29 is 48.4 Å². The Labute approximate surface area is 208 Å². The fourth-order valence-electron chi connectivity index (χ4n) is 3.87. The van der Waals surface area contributed by atoms with Crippen LogP contribution in [0.15, 0.2) is 36.4 Å². The Morgan fingerprint density at radius 2 is 1.75 bits per heavy atom. The van der Waals surface area contributed by atoms with Crippen molar-refractivity contribution in [1.29, 1.82) is 0 Å². The van der Waals surface area contributed by atoms with E-state index in [0.717, 1.165) is 0 Å². The van der Waals surface area contributed by atoms with Gasteiger partial charge in [0.25, 0.3) is 11.8 Å². The van der Waals surface area contributed by atoms with Gasteiger partial charge in [0.05, 0.1) is 18.4 Å². The van der Waals surface area contributed by atoms with Gasteiger partial charge in [0.2, 0.25) is 12.2 Å². The molecule has 13 heteroatoms. The van der Waals surface area contributed by atoms with Crippen molar-refractivity contribution in [3.63, 3.8) is 0 Å². The number of ether oxygens (including phenoxy) is 2. The zero-order valence-corrected chi connectivity index (χ0v) is 20.5. The first-order valence-corrected chi connectivity index (χ1v) is 13.5. The first kappa shape index (κ1) is 28.0. The zero-order valence-electron chi connectivity index (χ0n) is 19.6. The number of hydrogen-bond donors (Lipinski definition) is 5. The van der Waals surface area contributed by atoms with Crippen LogP contribution in [0, 0.1) is 0 Å². The molecule has 1 aromatic rings. The van der Waals surface area contributed by atoms with Crippen LogP contribution in [-0.4, -0.2) is 79.9 Å². The fraction of sp³-hybridized carbons (Fsp3) is 0.522. The van der Waals surface area contributed by atoms with Gasteiger partial charge in [-0.25, -0.2) is 0 Å². The summed E-state index contributed by atoms with van der Waals surface area (Å²) < 4.78 is 22.3. The van der Waals surface area contributed by atoms with Gasteiger partial charge in [-0.3, -0.25) is 23.8 Å². The Hall–Kier alpha value is -2.60. The third-order valence-electron chi connectivity index (χ3n) is 5.82. The van der Waals surface area contributed by atoms with Gasteiger partial charge in [0.15, 0.2) is 0 Å². The summed E-state index contributed by atoms with van der Waals surface area (Å²) in [6, 6.07) is 6.30. The van der Waals surface area contributed by atoms with Crippen molar-refractivity contribution in [3.05, 3.63) is 36.4 Å². The summed E-state index contributed by atoms with van der Waals surface area (Å²) in [5, 5.41) is 23.0. The van der Waals surface area contributed by atoms with Crippen molar-refractivity contribution in [1.82, 2.24) is 4.90 Å². The van der Waals surface area contributed by atoms with Crippen LogP contribution in [0.5, 0.6) is 5.75 Å². The Bertz CT molecular complexity index is 991. The first-order valence-electron chi connectivity index (χ1n) is 11.7. The average Bonchev–Trinajstić information content (AvgIpc) is 3.13. The number of nitrogens with one attached hydrogen (secondary N) is 1. The van der Waals surface area contributed by atoms with E-state index in [2.05, 4.69) is 5.32 Å². The highest BCUT2D eigenvalue weighted by Crippen LogP contribution is 2.37. The molecule has 0 radical (unpaired) electrons. The maximum absolute atomic E-state index is 12.2. The van der Waals surface area contributed by atoms with Gasteiger partial charge < -0.3 is 34.8 Å². The summed E-state index contributed by atoms with van der Waals surface area (Å²) in [6.07, 6.45) is -0.146. The molecule has 2 heterocycles. The van der Waals surface area contributed by atoms with Gasteiger partial charge in [-0.05, 0) is 43.5 Å². The van der Waals surface area contributed by atoms with Crippen molar-refractivity contribution >= 4 is 31.0 Å². The van der Waals surface area contributed by atoms with Crippen molar-refractivity contribution in [3.8, 4) is 5.75 Å². The summed E-state index contributed by atoms with van der Waals surface area (Å²) in [5.41, 5.74) is 0.524. The number of anilines is 1. The largest absolute Gasteiger partial charge is 0.462 e.